The third kappa shape index (κ3) is 6.52. The molecule has 0 aliphatic carbocycles. The molecule has 0 aliphatic heterocycles. The Morgan fingerprint density at radius 1 is 1.46 bits per heavy atom. The summed E-state index contributed by atoms with van der Waals surface area (Å²) in [5, 5.41) is 7.08. The van der Waals surface area contributed by atoms with Crippen LogP contribution in [0.1, 0.15) is 24.2 Å². The van der Waals surface area contributed by atoms with Crippen LogP contribution in [-0.4, -0.2) is 42.9 Å². The van der Waals surface area contributed by atoms with Crippen molar-refractivity contribution >= 4 is 19.5 Å². The fourth-order valence-corrected chi connectivity index (χ4v) is 2.77. The van der Waals surface area contributed by atoms with E-state index >= 15 is 0 Å². The maximum atomic E-state index is 12.5. The Balaban J connectivity index is 2.88. The van der Waals surface area contributed by atoms with E-state index in [2.05, 4.69) is 34.9 Å². The first-order valence-corrected chi connectivity index (χ1v) is 11.6. The van der Waals surface area contributed by atoms with E-state index in [-0.39, 0.29) is 30.7 Å². The molecule has 0 spiro atoms. The zero-order chi connectivity index (χ0) is 18.3. The molecule has 8 nitrogen and oxygen atoms in total. The lowest BCUT2D eigenvalue weighted by Crippen LogP contribution is -2.32. The van der Waals surface area contributed by atoms with Crippen molar-refractivity contribution in [3.8, 4) is 0 Å². The van der Waals surface area contributed by atoms with Gasteiger partial charge < -0.3 is 14.9 Å². The number of hydrogen-bond donors (Lipinski definition) is 2. The molecule has 1 rings (SSSR count). The second-order valence-electron chi connectivity index (χ2n) is 7.02. The lowest BCUT2D eigenvalue weighted by Gasteiger charge is -2.17. The van der Waals surface area contributed by atoms with Crippen LogP contribution >= 0.6 is 0 Å². The molecule has 136 valence electrons. The van der Waals surface area contributed by atoms with Crippen LogP contribution in [0.5, 0.6) is 0 Å². The van der Waals surface area contributed by atoms with Gasteiger partial charge in [-0.2, -0.15) is 5.10 Å². The van der Waals surface area contributed by atoms with Crippen LogP contribution in [0.4, 0.5) is 5.69 Å². The second kappa shape index (κ2) is 9.07. The summed E-state index contributed by atoms with van der Waals surface area (Å²) < 4.78 is 6.70. The van der Waals surface area contributed by atoms with Gasteiger partial charge in [0.2, 0.25) is 0 Å². The molecular weight excluding hydrogens is 328 g/mol. The van der Waals surface area contributed by atoms with Gasteiger partial charge in [-0.25, -0.2) is 10.6 Å². The highest BCUT2D eigenvalue weighted by atomic mass is 28.3. The van der Waals surface area contributed by atoms with Crippen LogP contribution in [0.2, 0.25) is 25.7 Å². The first kappa shape index (κ1) is 20.5. The van der Waals surface area contributed by atoms with Gasteiger partial charge in [0.05, 0.1) is 18.5 Å². The van der Waals surface area contributed by atoms with Gasteiger partial charge in [0, 0.05) is 20.7 Å². The van der Waals surface area contributed by atoms with E-state index in [1.807, 2.05) is 6.92 Å². The van der Waals surface area contributed by atoms with Crippen molar-refractivity contribution < 1.29 is 14.4 Å². The number of ether oxygens (including phenoxy) is 1. The average Bonchev–Trinajstić information content (AvgIpc) is 2.44. The average molecular weight is 356 g/mol. The zero-order valence-electron chi connectivity index (χ0n) is 15.1. The van der Waals surface area contributed by atoms with E-state index in [0.717, 1.165) is 10.7 Å². The monoisotopic (exact) mass is 356 g/mol. The molecule has 24 heavy (non-hydrogen) atoms. The molecule has 9 heteroatoms. The number of anilines is 1. The first-order valence-electron chi connectivity index (χ1n) is 7.92. The molecule has 1 aromatic heterocycles. The summed E-state index contributed by atoms with van der Waals surface area (Å²) in [6, 6.07) is 0.829. The van der Waals surface area contributed by atoms with E-state index in [0.29, 0.717) is 12.3 Å². The van der Waals surface area contributed by atoms with Gasteiger partial charge in [0.25, 0.3) is 5.56 Å². The number of Topliss-reactive ketones (excluding diaryl/α,β-unsaturated/α-hetero) is 1. The van der Waals surface area contributed by atoms with Gasteiger partial charge in [-0.15, -0.1) is 0 Å². The fourth-order valence-electron chi connectivity index (χ4n) is 2.01. The Hall–Kier alpha value is -1.55. The number of carbonyl (C=O) groups excluding carboxylic acids is 1. The van der Waals surface area contributed by atoms with Gasteiger partial charge in [0.1, 0.15) is 12.3 Å². The van der Waals surface area contributed by atoms with Crippen molar-refractivity contribution in [3.63, 3.8) is 0 Å². The molecule has 1 unspecified atom stereocenters. The smallest absolute Gasteiger partial charge is 0.281 e. The number of rotatable bonds is 10. The molecule has 0 aliphatic rings. The van der Waals surface area contributed by atoms with Gasteiger partial charge in [-0.05, 0) is 19.9 Å². The number of nitrogens with one attached hydrogen (secondary N) is 1. The van der Waals surface area contributed by atoms with E-state index < -0.39 is 13.6 Å². The molecule has 1 atom stereocenters. The van der Waals surface area contributed by atoms with E-state index in [1.165, 1.54) is 13.1 Å². The molecule has 0 radical (unpaired) electrons. The maximum Gasteiger partial charge on any atom is 0.281 e. The van der Waals surface area contributed by atoms with Crippen molar-refractivity contribution in [3.05, 3.63) is 22.1 Å². The van der Waals surface area contributed by atoms with Crippen LogP contribution < -0.4 is 16.8 Å². The maximum absolute atomic E-state index is 12.5. The van der Waals surface area contributed by atoms with E-state index in [1.54, 1.807) is 0 Å². The molecule has 0 fully saturated rings. The van der Waals surface area contributed by atoms with Crippen molar-refractivity contribution in [2.45, 2.75) is 52.3 Å². The number of nitrogens with zero attached hydrogens (tertiary/aromatic N) is 2. The Kier molecular flexibility index (Phi) is 7.74. The van der Waals surface area contributed by atoms with Crippen molar-refractivity contribution in [1.82, 2.24) is 9.78 Å². The van der Waals surface area contributed by atoms with E-state index in [4.69, 9.17) is 10.6 Å². The molecule has 1 aromatic rings. The minimum absolute atomic E-state index is 0.0331. The largest absolute Gasteiger partial charge is 0.378 e. The van der Waals surface area contributed by atoms with Crippen LogP contribution in [0.25, 0.3) is 0 Å². The second-order valence-corrected chi connectivity index (χ2v) is 12.6. The Morgan fingerprint density at radius 2 is 2.12 bits per heavy atom. The third-order valence-corrected chi connectivity index (χ3v) is 5.06. The minimum atomic E-state index is -1.19. The third-order valence-electron chi connectivity index (χ3n) is 3.35. The predicted octanol–water partition coefficient (Wildman–Crippen LogP) is 1.45. The number of nitrogens with two attached hydrogens (primary N) is 1. The molecule has 0 saturated carbocycles. The molecule has 1 heterocycles. The molecule has 3 N–H and O–H groups in total. The summed E-state index contributed by atoms with van der Waals surface area (Å²) >= 11 is 0. The Bertz CT molecular complexity index is 612. The Morgan fingerprint density at radius 3 is 2.67 bits per heavy atom. The zero-order valence-corrected chi connectivity index (χ0v) is 16.1. The minimum Gasteiger partial charge on any atom is -0.378 e. The summed E-state index contributed by atoms with van der Waals surface area (Å²) in [6.45, 7) is 10.8. The normalized spacial score (nSPS) is 12.9. The molecule has 0 saturated heterocycles. The summed E-state index contributed by atoms with van der Waals surface area (Å²) in [7, 11) is -1.19. The van der Waals surface area contributed by atoms with Gasteiger partial charge in [0.15, 0.2) is 5.78 Å². The van der Waals surface area contributed by atoms with Crippen molar-refractivity contribution in [1.29, 1.82) is 0 Å². The summed E-state index contributed by atoms with van der Waals surface area (Å²) in [6.07, 6.45) is 1.45. The number of carbonyl (C=O) groups is 1. The van der Waals surface area contributed by atoms with Gasteiger partial charge in [-0.1, -0.05) is 19.6 Å². The van der Waals surface area contributed by atoms with Crippen LogP contribution in [0.3, 0.4) is 0 Å². The summed E-state index contributed by atoms with van der Waals surface area (Å²) in [4.78, 5) is 28.9. The quantitative estimate of drug-likeness (QED) is 0.283. The van der Waals surface area contributed by atoms with Crippen LogP contribution in [0.15, 0.2) is 11.0 Å². The van der Waals surface area contributed by atoms with Crippen LogP contribution in [-0.2, 0) is 16.3 Å². The number of hydrogen-bond acceptors (Lipinski definition) is 7. The number of ketones is 1. The SMILES string of the molecule is CC(=O)c1c(NC(C)CON)cnn(COCC[Si](C)(C)C)c1=O. The highest BCUT2D eigenvalue weighted by molar-refractivity contribution is 6.76. The molecule has 0 amide bonds. The fraction of sp³-hybridized carbons (Fsp3) is 0.667. The lowest BCUT2D eigenvalue weighted by molar-refractivity contribution is 0.0744. The van der Waals surface area contributed by atoms with Gasteiger partial charge in [-0.3, -0.25) is 9.59 Å². The Labute approximate surface area is 143 Å². The summed E-state index contributed by atoms with van der Waals surface area (Å²) in [5.41, 5.74) is -0.0422. The van der Waals surface area contributed by atoms with Gasteiger partial charge >= 0.3 is 0 Å². The van der Waals surface area contributed by atoms with Crippen molar-refractivity contribution in [2.24, 2.45) is 5.90 Å². The molecular formula is C15H28N4O4Si. The van der Waals surface area contributed by atoms with Crippen LogP contribution in [0, 0.1) is 0 Å². The highest BCUT2D eigenvalue weighted by Gasteiger charge is 2.17. The lowest BCUT2D eigenvalue weighted by atomic mass is 10.1. The standard InChI is InChI=1S/C15H28N4O4Si/c1-11(9-23-16)18-13-8-17-19(15(21)14(13)12(2)20)10-22-6-7-24(3,4)5/h8,11,18H,6-7,9-10,16H2,1-5H3. The number of aromatic nitrogens is 2. The van der Waals surface area contributed by atoms with E-state index in [9.17, 15) is 9.59 Å². The predicted molar refractivity (Wildman–Crippen MR) is 95.8 cm³/mol. The topological polar surface area (TPSA) is 108 Å². The van der Waals surface area contributed by atoms with Crippen molar-refractivity contribution in [2.75, 3.05) is 18.5 Å². The molecule has 0 bridgehead atoms. The highest BCUT2D eigenvalue weighted by Crippen LogP contribution is 2.12. The first-order chi connectivity index (χ1) is 11.2. The summed E-state index contributed by atoms with van der Waals surface area (Å²) in [5.74, 6) is 4.70. The molecule has 0 aromatic carbocycles.